The molecule has 13 heavy (non-hydrogen) atoms. The van der Waals surface area contributed by atoms with Crippen molar-refractivity contribution in [1.29, 1.82) is 0 Å². The number of aromatic carboxylic acids is 1. The maximum Gasteiger partial charge on any atom is 0.356 e. The smallest absolute Gasteiger partial charge is 0.356 e. The number of methoxy groups -OCH3 is 1. The number of anilines is 1. The molecule has 0 aliphatic carbocycles. The molecule has 1 rings (SSSR count). The molecule has 0 saturated carbocycles. The van der Waals surface area contributed by atoms with Gasteiger partial charge in [0.05, 0.1) is 7.11 Å². The molecule has 0 saturated heterocycles. The molecule has 0 bridgehead atoms. The van der Waals surface area contributed by atoms with Gasteiger partial charge in [-0.15, -0.1) is 0 Å². The van der Waals surface area contributed by atoms with Gasteiger partial charge in [0, 0.05) is 0 Å². The van der Waals surface area contributed by atoms with E-state index in [0.29, 0.717) is 0 Å². The molecule has 3 N–H and O–H groups in total. The number of hydrogen-bond donors (Lipinski definition) is 2. The van der Waals surface area contributed by atoms with Crippen LogP contribution in [-0.4, -0.2) is 28.2 Å². The average molecular weight is 204 g/mol. The van der Waals surface area contributed by atoms with Gasteiger partial charge < -0.3 is 15.6 Å². The van der Waals surface area contributed by atoms with Crippen molar-refractivity contribution in [3.63, 3.8) is 0 Å². The highest BCUT2D eigenvalue weighted by Crippen LogP contribution is 2.25. The van der Waals surface area contributed by atoms with Crippen LogP contribution in [0.5, 0.6) is 5.88 Å². The lowest BCUT2D eigenvalue weighted by atomic mass is 10.4. The van der Waals surface area contributed by atoms with Gasteiger partial charge in [-0.1, -0.05) is 11.6 Å². The Morgan fingerprint density at radius 3 is 2.69 bits per heavy atom. The van der Waals surface area contributed by atoms with Gasteiger partial charge in [0.1, 0.15) is 5.02 Å². The molecule has 0 radical (unpaired) electrons. The molecular weight excluding hydrogens is 198 g/mol. The molecule has 1 aromatic heterocycles. The number of aromatic nitrogens is 2. The fourth-order valence-electron chi connectivity index (χ4n) is 0.720. The van der Waals surface area contributed by atoms with Crippen LogP contribution in [0.2, 0.25) is 5.02 Å². The van der Waals surface area contributed by atoms with E-state index in [4.69, 9.17) is 27.2 Å². The summed E-state index contributed by atoms with van der Waals surface area (Å²) in [6.45, 7) is 0. The maximum absolute atomic E-state index is 10.6. The zero-order chi connectivity index (χ0) is 10.0. The van der Waals surface area contributed by atoms with E-state index in [-0.39, 0.29) is 22.5 Å². The molecule has 0 amide bonds. The Hall–Kier alpha value is -1.56. The zero-order valence-electron chi connectivity index (χ0n) is 6.61. The molecule has 0 unspecified atom stereocenters. The first-order valence-electron chi connectivity index (χ1n) is 3.16. The molecule has 70 valence electrons. The largest absolute Gasteiger partial charge is 0.480 e. The summed E-state index contributed by atoms with van der Waals surface area (Å²) in [4.78, 5) is 17.6. The summed E-state index contributed by atoms with van der Waals surface area (Å²) >= 11 is 5.59. The summed E-state index contributed by atoms with van der Waals surface area (Å²) in [7, 11) is 1.30. The fourth-order valence-corrected chi connectivity index (χ4v) is 0.962. The molecule has 0 fully saturated rings. The number of nitrogens with zero attached hydrogens (tertiary/aromatic N) is 2. The molecule has 0 atom stereocenters. The van der Waals surface area contributed by atoms with Crippen molar-refractivity contribution in [2.45, 2.75) is 0 Å². The molecule has 1 heterocycles. The lowest BCUT2D eigenvalue weighted by Crippen LogP contribution is -2.07. The van der Waals surface area contributed by atoms with Crippen molar-refractivity contribution in [2.24, 2.45) is 0 Å². The highest BCUT2D eigenvalue weighted by Gasteiger charge is 2.17. The normalized spacial score (nSPS) is 9.69. The number of rotatable bonds is 2. The fraction of sp³-hybridized carbons (Fsp3) is 0.167. The van der Waals surface area contributed by atoms with Crippen LogP contribution in [0, 0.1) is 0 Å². The van der Waals surface area contributed by atoms with Gasteiger partial charge >= 0.3 is 5.97 Å². The number of carboxylic acid groups (broad SMARTS) is 1. The van der Waals surface area contributed by atoms with Crippen molar-refractivity contribution in [3.05, 3.63) is 10.7 Å². The monoisotopic (exact) mass is 203 g/mol. The van der Waals surface area contributed by atoms with Gasteiger partial charge in [-0.25, -0.2) is 9.78 Å². The lowest BCUT2D eigenvalue weighted by molar-refractivity contribution is 0.0690. The van der Waals surface area contributed by atoms with E-state index in [2.05, 4.69) is 9.97 Å². The Morgan fingerprint density at radius 2 is 2.23 bits per heavy atom. The second-order valence-corrected chi connectivity index (χ2v) is 2.44. The van der Waals surface area contributed by atoms with E-state index in [1.54, 1.807) is 0 Å². The number of nitrogen functional groups attached to an aromatic ring is 1. The second-order valence-electron chi connectivity index (χ2n) is 2.06. The van der Waals surface area contributed by atoms with Crippen LogP contribution in [0.25, 0.3) is 0 Å². The Balaban J connectivity index is 3.35. The van der Waals surface area contributed by atoms with Crippen molar-refractivity contribution >= 4 is 23.5 Å². The summed E-state index contributed by atoms with van der Waals surface area (Å²) in [5, 5.41) is 8.46. The van der Waals surface area contributed by atoms with Crippen LogP contribution in [0.4, 0.5) is 5.95 Å². The predicted molar refractivity (Wildman–Crippen MR) is 45.0 cm³/mol. The highest BCUT2D eigenvalue weighted by atomic mass is 35.5. The summed E-state index contributed by atoms with van der Waals surface area (Å²) in [5.41, 5.74) is 4.85. The summed E-state index contributed by atoms with van der Waals surface area (Å²) < 4.78 is 4.69. The number of halogens is 1. The molecule has 0 aromatic carbocycles. The quantitative estimate of drug-likeness (QED) is 0.723. The summed E-state index contributed by atoms with van der Waals surface area (Å²) in [6.07, 6.45) is 0. The van der Waals surface area contributed by atoms with Gasteiger partial charge in [-0.3, -0.25) is 0 Å². The third-order valence-corrected chi connectivity index (χ3v) is 1.57. The zero-order valence-corrected chi connectivity index (χ0v) is 7.37. The Kier molecular flexibility index (Phi) is 2.52. The van der Waals surface area contributed by atoms with Crippen LogP contribution in [0.15, 0.2) is 0 Å². The standard InChI is InChI=1S/C6H6ClN3O3/c1-13-4-2(7)3(5(11)12)9-6(8)10-4/h1H3,(H,11,12)(H2,8,9,10). The van der Waals surface area contributed by atoms with Crippen molar-refractivity contribution in [3.8, 4) is 5.88 Å². The minimum absolute atomic E-state index is 0.0495. The van der Waals surface area contributed by atoms with Crippen molar-refractivity contribution in [1.82, 2.24) is 9.97 Å². The van der Waals surface area contributed by atoms with Crippen LogP contribution in [0.1, 0.15) is 10.5 Å². The van der Waals surface area contributed by atoms with E-state index in [1.165, 1.54) is 7.11 Å². The van der Waals surface area contributed by atoms with E-state index < -0.39 is 5.97 Å². The number of carbonyl (C=O) groups is 1. The van der Waals surface area contributed by atoms with Crippen LogP contribution in [0.3, 0.4) is 0 Å². The molecule has 1 aromatic rings. The topological polar surface area (TPSA) is 98.3 Å². The van der Waals surface area contributed by atoms with Crippen LogP contribution in [-0.2, 0) is 0 Å². The summed E-state index contributed by atoms with van der Waals surface area (Å²) in [6, 6.07) is 0. The Morgan fingerprint density at radius 1 is 1.62 bits per heavy atom. The van der Waals surface area contributed by atoms with Gasteiger partial charge in [0.15, 0.2) is 5.69 Å². The summed E-state index contributed by atoms with van der Waals surface area (Å²) in [5.74, 6) is -1.53. The Bertz CT molecular complexity index is 355. The van der Waals surface area contributed by atoms with E-state index >= 15 is 0 Å². The van der Waals surface area contributed by atoms with Gasteiger partial charge in [-0.05, 0) is 0 Å². The predicted octanol–water partition coefficient (Wildman–Crippen LogP) is 0.419. The third kappa shape index (κ3) is 1.78. The van der Waals surface area contributed by atoms with Crippen LogP contribution >= 0.6 is 11.6 Å². The van der Waals surface area contributed by atoms with Gasteiger partial charge in [-0.2, -0.15) is 4.98 Å². The number of ether oxygens (including phenoxy) is 1. The van der Waals surface area contributed by atoms with Gasteiger partial charge in [0.25, 0.3) is 0 Å². The number of carboxylic acids is 1. The highest BCUT2D eigenvalue weighted by molar-refractivity contribution is 6.34. The molecule has 7 heteroatoms. The first-order valence-corrected chi connectivity index (χ1v) is 3.54. The van der Waals surface area contributed by atoms with Crippen LogP contribution < -0.4 is 10.5 Å². The SMILES string of the molecule is COc1nc(N)nc(C(=O)O)c1Cl. The molecule has 0 aliphatic heterocycles. The minimum Gasteiger partial charge on any atom is -0.480 e. The lowest BCUT2D eigenvalue weighted by Gasteiger charge is -2.04. The Labute approximate surface area is 78.3 Å². The third-order valence-electron chi connectivity index (χ3n) is 1.23. The first-order chi connectivity index (χ1) is 6.06. The number of hydrogen-bond acceptors (Lipinski definition) is 5. The van der Waals surface area contributed by atoms with E-state index in [1.807, 2.05) is 0 Å². The molecule has 6 nitrogen and oxygen atoms in total. The molecular formula is C6H6ClN3O3. The average Bonchev–Trinajstić information content (AvgIpc) is 2.08. The van der Waals surface area contributed by atoms with E-state index in [0.717, 1.165) is 0 Å². The molecule has 0 aliphatic rings. The number of nitrogens with two attached hydrogens (primary N) is 1. The second kappa shape index (κ2) is 3.44. The van der Waals surface area contributed by atoms with Gasteiger partial charge in [0.2, 0.25) is 11.8 Å². The first kappa shape index (κ1) is 9.53. The maximum atomic E-state index is 10.6. The van der Waals surface area contributed by atoms with Crippen molar-refractivity contribution < 1.29 is 14.6 Å². The molecule has 0 spiro atoms. The van der Waals surface area contributed by atoms with E-state index in [9.17, 15) is 4.79 Å². The van der Waals surface area contributed by atoms with Crippen molar-refractivity contribution in [2.75, 3.05) is 12.8 Å². The minimum atomic E-state index is -1.28.